The first-order chi connectivity index (χ1) is 13.3. The number of rotatable bonds is 18. The van der Waals surface area contributed by atoms with Crippen LogP contribution in [0.15, 0.2) is 0 Å². The van der Waals surface area contributed by atoms with E-state index < -0.39 is 0 Å². The van der Waals surface area contributed by atoms with Crippen LogP contribution in [-0.4, -0.2) is 30.2 Å². The van der Waals surface area contributed by atoms with Crippen LogP contribution in [0.1, 0.15) is 143 Å². The second-order valence-electron chi connectivity index (χ2n) is 9.57. The highest BCUT2D eigenvalue weighted by Gasteiger charge is 2.35. The summed E-state index contributed by atoms with van der Waals surface area (Å²) in [7, 11) is 0. The van der Waals surface area contributed by atoms with Gasteiger partial charge in [-0.05, 0) is 51.4 Å². The summed E-state index contributed by atoms with van der Waals surface area (Å²) in [6.07, 6.45) is 27.9. The lowest BCUT2D eigenvalue weighted by Gasteiger charge is -2.47. The third-order valence-electron chi connectivity index (χ3n) is 7.18. The Balaban J connectivity index is 2.25. The summed E-state index contributed by atoms with van der Waals surface area (Å²) in [6.45, 7) is 11.5. The van der Waals surface area contributed by atoms with Crippen LogP contribution in [0.3, 0.4) is 0 Å². The molecule has 1 rings (SSSR count). The molecule has 0 saturated heterocycles. The van der Waals surface area contributed by atoms with Crippen molar-refractivity contribution in [1.82, 2.24) is 0 Å². The van der Waals surface area contributed by atoms with E-state index in [0.29, 0.717) is 0 Å². The van der Waals surface area contributed by atoms with E-state index in [1.807, 2.05) is 0 Å². The Morgan fingerprint density at radius 3 is 1.48 bits per heavy atom. The number of nitrogens with zero attached hydrogens (tertiary/aromatic N) is 1. The summed E-state index contributed by atoms with van der Waals surface area (Å²) >= 11 is 0. The highest BCUT2D eigenvalue weighted by atomic mass is 15.4. The van der Waals surface area contributed by atoms with Crippen molar-refractivity contribution < 1.29 is 4.48 Å². The van der Waals surface area contributed by atoms with Crippen molar-refractivity contribution in [1.29, 1.82) is 0 Å². The fraction of sp³-hybridized carbons (Fsp3) is 1.00. The summed E-state index contributed by atoms with van der Waals surface area (Å²) in [5.74, 6) is 0. The van der Waals surface area contributed by atoms with Gasteiger partial charge in [0.15, 0.2) is 0 Å². The van der Waals surface area contributed by atoms with E-state index in [0.717, 1.165) is 6.04 Å². The maximum absolute atomic E-state index is 2.42. The van der Waals surface area contributed by atoms with Crippen LogP contribution in [0.25, 0.3) is 0 Å². The zero-order valence-corrected chi connectivity index (χ0v) is 19.6. The molecule has 1 nitrogen and oxygen atoms in total. The van der Waals surface area contributed by atoms with Crippen molar-refractivity contribution in [3.05, 3.63) is 0 Å². The topological polar surface area (TPSA) is 0 Å². The lowest BCUT2D eigenvalue weighted by Crippen LogP contribution is -2.57. The van der Waals surface area contributed by atoms with E-state index in [4.69, 9.17) is 0 Å². The average molecular weight is 381 g/mol. The van der Waals surface area contributed by atoms with Crippen molar-refractivity contribution >= 4 is 0 Å². The molecule has 0 aromatic rings. The van der Waals surface area contributed by atoms with Crippen LogP contribution in [0.4, 0.5) is 0 Å². The standard InChI is InChI=1S/C26H54N/c1-4-7-9-10-11-12-13-14-15-16-20-25-27(23-6-3,24-8-5-2)26-21-18-17-19-22-26/h26H,4-25H2,1-3H3/q+1. The molecule has 0 radical (unpaired) electrons. The van der Waals surface area contributed by atoms with Gasteiger partial charge in [0.1, 0.15) is 0 Å². The van der Waals surface area contributed by atoms with Crippen LogP contribution in [-0.2, 0) is 0 Å². The van der Waals surface area contributed by atoms with Crippen LogP contribution in [0.2, 0.25) is 0 Å². The van der Waals surface area contributed by atoms with E-state index in [9.17, 15) is 0 Å². The third kappa shape index (κ3) is 10.9. The van der Waals surface area contributed by atoms with Gasteiger partial charge in [0.25, 0.3) is 0 Å². The predicted molar refractivity (Wildman–Crippen MR) is 123 cm³/mol. The summed E-state index contributed by atoms with van der Waals surface area (Å²) in [5.41, 5.74) is 0. The third-order valence-corrected chi connectivity index (χ3v) is 7.18. The van der Waals surface area contributed by atoms with Crippen molar-refractivity contribution in [2.45, 2.75) is 149 Å². The first kappa shape index (κ1) is 25.0. The molecule has 162 valence electrons. The Hall–Kier alpha value is -0.0400. The van der Waals surface area contributed by atoms with Gasteiger partial charge in [0, 0.05) is 0 Å². The van der Waals surface area contributed by atoms with Gasteiger partial charge in [0.2, 0.25) is 0 Å². The molecule has 27 heavy (non-hydrogen) atoms. The largest absolute Gasteiger partial charge is 0.321 e. The van der Waals surface area contributed by atoms with Crippen LogP contribution >= 0.6 is 0 Å². The predicted octanol–water partition coefficient (Wildman–Crippen LogP) is 8.66. The molecule has 0 aromatic carbocycles. The normalized spacial score (nSPS) is 17.9. The molecule has 1 saturated carbocycles. The first-order valence-electron chi connectivity index (χ1n) is 13.1. The molecule has 1 aliphatic rings. The molecule has 1 fully saturated rings. The number of quaternary nitrogens is 1. The molecule has 0 spiro atoms. The van der Waals surface area contributed by atoms with Gasteiger partial charge in [-0.15, -0.1) is 0 Å². The Bertz CT molecular complexity index is 307. The summed E-state index contributed by atoms with van der Waals surface area (Å²) in [4.78, 5) is 0. The molecule has 1 atom stereocenters. The van der Waals surface area contributed by atoms with Gasteiger partial charge in [-0.25, -0.2) is 0 Å². The van der Waals surface area contributed by atoms with Gasteiger partial charge in [-0.3, -0.25) is 0 Å². The molecule has 0 aromatic heterocycles. The maximum Gasteiger partial charge on any atom is 0.0890 e. The van der Waals surface area contributed by atoms with Crippen molar-refractivity contribution in [3.8, 4) is 0 Å². The van der Waals surface area contributed by atoms with E-state index in [1.54, 1.807) is 0 Å². The molecule has 0 N–H and O–H groups in total. The molecule has 0 amide bonds. The second kappa shape index (κ2) is 16.9. The van der Waals surface area contributed by atoms with Crippen LogP contribution in [0, 0.1) is 0 Å². The van der Waals surface area contributed by atoms with Crippen molar-refractivity contribution in [2.24, 2.45) is 0 Å². The minimum absolute atomic E-state index is 0.994. The van der Waals surface area contributed by atoms with E-state index >= 15 is 0 Å². The molecule has 0 bridgehead atoms. The van der Waals surface area contributed by atoms with Gasteiger partial charge < -0.3 is 4.48 Å². The molecular formula is C26H54N+. The van der Waals surface area contributed by atoms with Crippen molar-refractivity contribution in [3.63, 3.8) is 0 Å². The van der Waals surface area contributed by atoms with E-state index in [2.05, 4.69) is 20.8 Å². The monoisotopic (exact) mass is 380 g/mol. The average Bonchev–Trinajstić information content (AvgIpc) is 2.71. The Morgan fingerprint density at radius 1 is 0.481 bits per heavy atom. The lowest BCUT2D eigenvalue weighted by atomic mass is 9.91. The van der Waals surface area contributed by atoms with Gasteiger partial charge in [-0.2, -0.15) is 0 Å². The zero-order valence-electron chi connectivity index (χ0n) is 19.6. The summed E-state index contributed by atoms with van der Waals surface area (Å²) in [5, 5.41) is 0. The van der Waals surface area contributed by atoms with Crippen LogP contribution in [0.5, 0.6) is 0 Å². The Kier molecular flexibility index (Phi) is 15.6. The summed E-state index contributed by atoms with van der Waals surface area (Å²) in [6, 6.07) is 0.994. The van der Waals surface area contributed by atoms with E-state index in [-0.39, 0.29) is 0 Å². The van der Waals surface area contributed by atoms with Crippen LogP contribution < -0.4 is 0 Å². The highest BCUT2D eigenvalue weighted by Crippen LogP contribution is 2.30. The number of hydrogen-bond acceptors (Lipinski definition) is 0. The molecule has 0 aliphatic heterocycles. The highest BCUT2D eigenvalue weighted by molar-refractivity contribution is 4.68. The van der Waals surface area contributed by atoms with Crippen molar-refractivity contribution in [2.75, 3.05) is 19.6 Å². The molecule has 1 aliphatic carbocycles. The van der Waals surface area contributed by atoms with E-state index in [1.165, 1.54) is 146 Å². The molecular weight excluding hydrogens is 326 g/mol. The molecule has 1 heteroatoms. The molecule has 0 heterocycles. The second-order valence-corrected chi connectivity index (χ2v) is 9.57. The maximum atomic E-state index is 2.42. The Morgan fingerprint density at radius 2 is 0.963 bits per heavy atom. The summed E-state index contributed by atoms with van der Waals surface area (Å²) < 4.78 is 1.49. The lowest BCUT2D eigenvalue weighted by molar-refractivity contribution is -0.953. The smallest absolute Gasteiger partial charge is 0.0890 e. The van der Waals surface area contributed by atoms with Gasteiger partial charge in [-0.1, -0.05) is 91.4 Å². The van der Waals surface area contributed by atoms with Gasteiger partial charge in [0.05, 0.1) is 25.7 Å². The Labute approximate surface area is 173 Å². The first-order valence-corrected chi connectivity index (χ1v) is 13.1. The zero-order chi connectivity index (χ0) is 19.6. The fourth-order valence-corrected chi connectivity index (χ4v) is 5.52. The molecule has 1 unspecified atom stereocenters. The SMILES string of the molecule is CCCCCCCCCCCCC[N+](CCC)(CCCC)C1CCCCC1. The minimum Gasteiger partial charge on any atom is -0.321 e. The number of hydrogen-bond donors (Lipinski definition) is 0. The quantitative estimate of drug-likeness (QED) is 0.165. The minimum atomic E-state index is 0.994. The van der Waals surface area contributed by atoms with Gasteiger partial charge >= 0.3 is 0 Å². The fourth-order valence-electron chi connectivity index (χ4n) is 5.52. The number of unbranched alkanes of at least 4 members (excludes halogenated alkanes) is 11.